The van der Waals surface area contributed by atoms with E-state index in [0.717, 1.165) is 11.8 Å². The monoisotopic (exact) mass is 481 g/mol. The molecule has 1 atom stereocenters. The van der Waals surface area contributed by atoms with Gasteiger partial charge in [-0.3, -0.25) is 14.5 Å². The molecule has 176 valence electrons. The van der Waals surface area contributed by atoms with Crippen LogP contribution in [0.2, 0.25) is 0 Å². The molecule has 9 nitrogen and oxygen atoms in total. The number of esters is 1. The maximum atomic E-state index is 12.9. The van der Waals surface area contributed by atoms with E-state index < -0.39 is 17.2 Å². The molecule has 0 bridgehead atoms. The van der Waals surface area contributed by atoms with E-state index in [2.05, 4.69) is 16.9 Å². The lowest BCUT2D eigenvalue weighted by molar-refractivity contribution is -0.127. The number of aromatic carboxylic acids is 1. The van der Waals surface area contributed by atoms with Crippen LogP contribution < -0.4 is 5.32 Å². The molecule has 34 heavy (non-hydrogen) atoms. The van der Waals surface area contributed by atoms with Gasteiger partial charge in [-0.25, -0.2) is 14.6 Å². The fourth-order valence-corrected chi connectivity index (χ4v) is 4.32. The van der Waals surface area contributed by atoms with E-state index in [1.807, 2.05) is 0 Å². The number of hydrogen-bond acceptors (Lipinski definition) is 7. The summed E-state index contributed by atoms with van der Waals surface area (Å²) in [5.41, 5.74) is 1.06. The molecule has 1 saturated heterocycles. The molecule has 10 heteroatoms. The van der Waals surface area contributed by atoms with Gasteiger partial charge in [-0.2, -0.15) is 0 Å². The first-order valence-electron chi connectivity index (χ1n) is 10.4. The van der Waals surface area contributed by atoms with E-state index in [9.17, 15) is 24.3 Å². The Labute approximate surface area is 200 Å². The summed E-state index contributed by atoms with van der Waals surface area (Å²) in [5, 5.41) is 11.7. The normalized spacial score (nSPS) is 16.4. The van der Waals surface area contributed by atoms with Crippen molar-refractivity contribution in [3.8, 4) is 0 Å². The minimum Gasteiger partial charge on any atom is -0.478 e. The summed E-state index contributed by atoms with van der Waals surface area (Å²) >= 11 is 1.10. The molecule has 2 N–H and O–H groups in total. The van der Waals surface area contributed by atoms with Crippen molar-refractivity contribution in [2.75, 3.05) is 18.5 Å². The van der Waals surface area contributed by atoms with Gasteiger partial charge in [0.1, 0.15) is 5.25 Å². The SMILES string of the molecule is C=CCN1C(=O)C(CC(=O)Nc2ccc(C(=O)OCC)cc2)SC1=Nc1ccccc1C(=O)O. The van der Waals surface area contributed by atoms with Gasteiger partial charge in [0, 0.05) is 18.7 Å². The van der Waals surface area contributed by atoms with Gasteiger partial charge in [0.2, 0.25) is 11.8 Å². The van der Waals surface area contributed by atoms with Gasteiger partial charge < -0.3 is 15.2 Å². The number of carboxylic acids is 1. The fourth-order valence-electron chi connectivity index (χ4n) is 3.16. The summed E-state index contributed by atoms with van der Waals surface area (Å²) in [7, 11) is 0. The lowest BCUT2D eigenvalue weighted by Crippen LogP contribution is -2.33. The smallest absolute Gasteiger partial charge is 0.338 e. The molecule has 0 saturated carbocycles. The number of para-hydroxylation sites is 1. The number of aliphatic imine (C=N–C) groups is 1. The predicted molar refractivity (Wildman–Crippen MR) is 129 cm³/mol. The number of benzene rings is 2. The maximum absolute atomic E-state index is 12.9. The van der Waals surface area contributed by atoms with E-state index in [0.29, 0.717) is 16.4 Å². The van der Waals surface area contributed by atoms with E-state index in [-0.39, 0.29) is 42.6 Å². The minimum atomic E-state index is -1.13. The second-order valence-corrected chi connectivity index (χ2v) is 8.28. The molecular weight excluding hydrogens is 458 g/mol. The average molecular weight is 482 g/mol. The molecular formula is C24H23N3O6S. The Kier molecular flexibility index (Phi) is 8.20. The predicted octanol–water partition coefficient (Wildman–Crippen LogP) is 3.71. The molecule has 2 aromatic carbocycles. The first-order valence-corrected chi connectivity index (χ1v) is 11.3. The molecule has 0 spiro atoms. The standard InChI is InChI=1S/C24H23N3O6S/c1-3-13-27-21(29)19(34-24(27)26-18-8-6-5-7-17(18)22(30)31)14-20(28)25-16-11-9-15(10-12-16)23(32)33-4-2/h3,5-12,19H,1,4,13-14H2,2H3,(H,25,28)(H,30,31). The molecule has 1 heterocycles. The molecule has 0 radical (unpaired) electrons. The number of thioether (sulfide) groups is 1. The second-order valence-electron chi connectivity index (χ2n) is 7.11. The number of hydrogen-bond donors (Lipinski definition) is 2. The second kappa shape index (κ2) is 11.3. The highest BCUT2D eigenvalue weighted by atomic mass is 32.2. The van der Waals surface area contributed by atoms with Gasteiger partial charge in [-0.15, -0.1) is 6.58 Å². The van der Waals surface area contributed by atoms with E-state index in [1.54, 1.807) is 49.4 Å². The average Bonchev–Trinajstić information content (AvgIpc) is 3.09. The van der Waals surface area contributed by atoms with Crippen molar-refractivity contribution in [2.24, 2.45) is 4.99 Å². The Morgan fingerprint density at radius 1 is 1.21 bits per heavy atom. The Bertz CT molecular complexity index is 1150. The zero-order valence-corrected chi connectivity index (χ0v) is 19.2. The van der Waals surface area contributed by atoms with Gasteiger partial charge in [-0.05, 0) is 43.3 Å². The van der Waals surface area contributed by atoms with Crippen molar-refractivity contribution in [2.45, 2.75) is 18.6 Å². The zero-order valence-electron chi connectivity index (χ0n) is 18.4. The van der Waals surface area contributed by atoms with Gasteiger partial charge in [0.15, 0.2) is 5.17 Å². The Morgan fingerprint density at radius 3 is 2.56 bits per heavy atom. The highest BCUT2D eigenvalue weighted by molar-refractivity contribution is 8.15. The number of amides is 2. The van der Waals surface area contributed by atoms with E-state index >= 15 is 0 Å². The molecule has 1 aliphatic rings. The van der Waals surface area contributed by atoms with Crippen LogP contribution in [-0.2, 0) is 14.3 Å². The van der Waals surface area contributed by atoms with Crippen molar-refractivity contribution >= 4 is 52.1 Å². The van der Waals surface area contributed by atoms with Crippen LogP contribution in [0.3, 0.4) is 0 Å². The van der Waals surface area contributed by atoms with Crippen molar-refractivity contribution in [1.82, 2.24) is 4.90 Å². The van der Waals surface area contributed by atoms with Gasteiger partial charge in [-0.1, -0.05) is 30.0 Å². The highest BCUT2D eigenvalue weighted by Crippen LogP contribution is 2.32. The molecule has 2 aromatic rings. The number of nitrogens with zero attached hydrogens (tertiary/aromatic N) is 2. The minimum absolute atomic E-state index is 0.00839. The van der Waals surface area contributed by atoms with E-state index in [1.165, 1.54) is 17.0 Å². The third kappa shape index (κ3) is 5.90. The molecule has 0 aliphatic carbocycles. The van der Waals surface area contributed by atoms with Crippen LogP contribution in [0.15, 0.2) is 66.2 Å². The van der Waals surface area contributed by atoms with Gasteiger partial charge in [0.25, 0.3) is 0 Å². The zero-order chi connectivity index (χ0) is 24.7. The molecule has 3 rings (SSSR count). The summed E-state index contributed by atoms with van der Waals surface area (Å²) in [6.45, 7) is 5.81. The van der Waals surface area contributed by atoms with Crippen LogP contribution in [0.5, 0.6) is 0 Å². The molecule has 1 fully saturated rings. The third-order valence-electron chi connectivity index (χ3n) is 4.73. The summed E-state index contributed by atoms with van der Waals surface area (Å²) in [5.74, 6) is -2.29. The Hall–Kier alpha value is -3.92. The molecule has 1 aliphatic heterocycles. The van der Waals surface area contributed by atoms with Crippen molar-refractivity contribution < 1.29 is 29.0 Å². The number of ether oxygens (including phenoxy) is 1. The number of carbonyl (C=O) groups is 4. The first kappa shape index (κ1) is 24.7. The molecule has 1 unspecified atom stereocenters. The summed E-state index contributed by atoms with van der Waals surface area (Å²) in [6.07, 6.45) is 1.42. The topological polar surface area (TPSA) is 125 Å². The summed E-state index contributed by atoms with van der Waals surface area (Å²) in [4.78, 5) is 54.5. The van der Waals surface area contributed by atoms with Crippen LogP contribution in [0.25, 0.3) is 0 Å². The van der Waals surface area contributed by atoms with Gasteiger partial charge >= 0.3 is 11.9 Å². The fraction of sp³-hybridized carbons (Fsp3) is 0.208. The summed E-state index contributed by atoms with van der Waals surface area (Å²) < 4.78 is 4.93. The molecule has 0 aromatic heterocycles. The number of carbonyl (C=O) groups excluding carboxylic acids is 3. The maximum Gasteiger partial charge on any atom is 0.338 e. The van der Waals surface area contributed by atoms with Crippen molar-refractivity contribution in [3.05, 3.63) is 72.3 Å². The molecule has 2 amide bonds. The quantitative estimate of drug-likeness (QED) is 0.413. The summed E-state index contributed by atoms with van der Waals surface area (Å²) in [6, 6.07) is 12.5. The van der Waals surface area contributed by atoms with Crippen LogP contribution >= 0.6 is 11.8 Å². The largest absolute Gasteiger partial charge is 0.478 e. The highest BCUT2D eigenvalue weighted by Gasteiger charge is 2.38. The van der Waals surface area contributed by atoms with Crippen LogP contribution in [0, 0.1) is 0 Å². The van der Waals surface area contributed by atoms with Crippen LogP contribution in [0.4, 0.5) is 11.4 Å². The van der Waals surface area contributed by atoms with Crippen molar-refractivity contribution in [3.63, 3.8) is 0 Å². The van der Waals surface area contributed by atoms with Crippen molar-refractivity contribution in [1.29, 1.82) is 0 Å². The number of nitrogens with one attached hydrogen (secondary N) is 1. The Morgan fingerprint density at radius 2 is 1.91 bits per heavy atom. The van der Waals surface area contributed by atoms with Crippen LogP contribution in [-0.4, -0.2) is 57.3 Å². The third-order valence-corrected chi connectivity index (χ3v) is 5.91. The number of rotatable bonds is 9. The van der Waals surface area contributed by atoms with Crippen LogP contribution in [0.1, 0.15) is 34.1 Å². The number of carboxylic acid groups (broad SMARTS) is 1. The number of anilines is 1. The first-order chi connectivity index (χ1) is 16.3. The lowest BCUT2D eigenvalue weighted by Gasteiger charge is -2.14. The Balaban J connectivity index is 1.72. The lowest BCUT2D eigenvalue weighted by atomic mass is 10.2. The van der Waals surface area contributed by atoms with E-state index in [4.69, 9.17) is 4.74 Å². The number of amidine groups is 1. The van der Waals surface area contributed by atoms with Gasteiger partial charge in [0.05, 0.1) is 23.4 Å².